The number of morpholine rings is 1. The molecule has 9 heteroatoms. The summed E-state index contributed by atoms with van der Waals surface area (Å²) in [5.41, 5.74) is 2.35. The molecule has 0 aliphatic carbocycles. The van der Waals surface area contributed by atoms with Gasteiger partial charge in [-0.3, -0.25) is 9.36 Å². The van der Waals surface area contributed by atoms with Crippen molar-refractivity contribution >= 4 is 29.3 Å². The average Bonchev–Trinajstić information content (AvgIpc) is 3.29. The lowest BCUT2D eigenvalue weighted by Gasteiger charge is -2.28. The number of benzene rings is 2. The van der Waals surface area contributed by atoms with Crippen molar-refractivity contribution in [2.75, 3.05) is 62.0 Å². The van der Waals surface area contributed by atoms with Crippen LogP contribution in [0.2, 0.25) is 0 Å². The zero-order chi connectivity index (χ0) is 23.6. The van der Waals surface area contributed by atoms with Crippen molar-refractivity contribution in [3.8, 4) is 0 Å². The molecule has 0 unspecified atom stereocenters. The summed E-state index contributed by atoms with van der Waals surface area (Å²) in [4.78, 5) is 16.9. The third-order valence-corrected chi connectivity index (χ3v) is 6.66. The van der Waals surface area contributed by atoms with Gasteiger partial charge in [0.05, 0.1) is 25.5 Å². The fraction of sp³-hybridized carbons (Fsp3) is 0.400. The normalized spacial score (nSPS) is 13.6. The van der Waals surface area contributed by atoms with Crippen molar-refractivity contribution in [3.63, 3.8) is 0 Å². The fourth-order valence-electron chi connectivity index (χ4n) is 3.83. The van der Waals surface area contributed by atoms with E-state index in [0.29, 0.717) is 32.1 Å². The number of hydrogen-bond donors (Lipinski definition) is 1. The minimum Gasteiger partial charge on any atom is -0.378 e. The maximum absolute atomic E-state index is 12.5. The Morgan fingerprint density at radius 3 is 2.50 bits per heavy atom. The summed E-state index contributed by atoms with van der Waals surface area (Å²) < 4.78 is 7.60. The highest BCUT2D eigenvalue weighted by atomic mass is 32.2. The second-order valence-electron chi connectivity index (χ2n) is 8.20. The van der Waals surface area contributed by atoms with E-state index in [2.05, 4.69) is 61.2 Å². The highest BCUT2D eigenvalue weighted by Gasteiger charge is 2.21. The number of carbonyl (C=O) groups excluding carboxylic acids is 1. The van der Waals surface area contributed by atoms with E-state index in [1.807, 2.05) is 36.4 Å². The maximum atomic E-state index is 12.5. The molecule has 3 aromatic rings. The van der Waals surface area contributed by atoms with Gasteiger partial charge >= 0.3 is 0 Å². The molecule has 0 radical (unpaired) electrons. The molecule has 2 aromatic carbocycles. The molecule has 1 saturated heterocycles. The van der Waals surface area contributed by atoms with Crippen molar-refractivity contribution < 1.29 is 9.53 Å². The number of anilines is 2. The van der Waals surface area contributed by atoms with Crippen molar-refractivity contribution in [1.29, 1.82) is 0 Å². The second-order valence-corrected chi connectivity index (χ2v) is 9.15. The second kappa shape index (κ2) is 12.4. The van der Waals surface area contributed by atoms with E-state index in [-0.39, 0.29) is 5.91 Å². The molecule has 34 heavy (non-hydrogen) atoms. The molecule has 0 spiro atoms. The Morgan fingerprint density at radius 1 is 1.06 bits per heavy atom. The van der Waals surface area contributed by atoms with Gasteiger partial charge in [0, 0.05) is 38.9 Å². The third-order valence-electron chi connectivity index (χ3n) is 5.70. The number of nitrogens with one attached hydrogen (secondary N) is 1. The van der Waals surface area contributed by atoms with Gasteiger partial charge in [-0.25, -0.2) is 0 Å². The first-order chi connectivity index (χ1) is 16.7. The monoisotopic (exact) mass is 480 g/mol. The summed E-state index contributed by atoms with van der Waals surface area (Å²) >= 11 is 1.43. The number of ether oxygens (including phenoxy) is 1. The van der Waals surface area contributed by atoms with Gasteiger partial charge in [0.15, 0.2) is 5.16 Å². The van der Waals surface area contributed by atoms with Gasteiger partial charge in [0.25, 0.3) is 0 Å². The first kappa shape index (κ1) is 24.1. The van der Waals surface area contributed by atoms with Crippen LogP contribution in [0.4, 0.5) is 11.6 Å². The first-order valence-electron chi connectivity index (χ1n) is 11.7. The number of amides is 1. The molecule has 1 fully saturated rings. The summed E-state index contributed by atoms with van der Waals surface area (Å²) in [5, 5.41) is 12.7. The van der Waals surface area contributed by atoms with Crippen molar-refractivity contribution in [2.45, 2.75) is 18.1 Å². The fourth-order valence-corrected chi connectivity index (χ4v) is 4.59. The van der Waals surface area contributed by atoms with Gasteiger partial charge in [-0.2, -0.15) is 0 Å². The van der Waals surface area contributed by atoms with Crippen LogP contribution in [0.5, 0.6) is 0 Å². The predicted molar refractivity (Wildman–Crippen MR) is 137 cm³/mol. The Bertz CT molecular complexity index is 1020. The predicted octanol–water partition coefficient (Wildman–Crippen LogP) is 2.90. The number of thioether (sulfide) groups is 1. The zero-order valence-corrected chi connectivity index (χ0v) is 20.4. The first-order valence-corrected chi connectivity index (χ1v) is 12.6. The minimum atomic E-state index is 0.00884. The molecule has 1 aromatic heterocycles. The number of para-hydroxylation sites is 1. The van der Waals surface area contributed by atoms with Gasteiger partial charge in [0.1, 0.15) is 0 Å². The number of aromatic nitrogens is 3. The van der Waals surface area contributed by atoms with Crippen LogP contribution in [0.1, 0.15) is 12.0 Å². The quantitative estimate of drug-likeness (QED) is 0.334. The van der Waals surface area contributed by atoms with Gasteiger partial charge in [-0.15, -0.1) is 10.2 Å². The van der Waals surface area contributed by atoms with Gasteiger partial charge in [0.2, 0.25) is 11.9 Å². The van der Waals surface area contributed by atoms with Crippen molar-refractivity contribution in [3.05, 3.63) is 66.2 Å². The number of nitrogens with zero attached hydrogens (tertiary/aromatic N) is 5. The molecule has 4 rings (SSSR count). The standard InChI is InChI=1S/C25H32N6O2S/c1-29(22-11-6-3-7-12-22)14-8-13-26-23(32)20-34-25-28-27-24(30-15-17-33-18-16-30)31(25)19-21-9-4-2-5-10-21/h2-7,9-12H,8,13-20H2,1H3,(H,26,32). The molecule has 0 bridgehead atoms. The Balaban J connectivity index is 1.30. The van der Waals surface area contributed by atoms with E-state index < -0.39 is 0 Å². The Labute approximate surface area is 205 Å². The lowest BCUT2D eigenvalue weighted by molar-refractivity contribution is -0.118. The zero-order valence-electron chi connectivity index (χ0n) is 19.6. The van der Waals surface area contributed by atoms with Crippen LogP contribution >= 0.6 is 11.8 Å². The van der Waals surface area contributed by atoms with Crippen LogP contribution in [0.15, 0.2) is 65.8 Å². The van der Waals surface area contributed by atoms with E-state index >= 15 is 0 Å². The van der Waals surface area contributed by atoms with Crippen LogP contribution in [0.3, 0.4) is 0 Å². The van der Waals surface area contributed by atoms with Gasteiger partial charge in [-0.05, 0) is 24.1 Å². The van der Waals surface area contributed by atoms with Crippen LogP contribution in [-0.4, -0.2) is 72.9 Å². The molecular formula is C25H32N6O2S. The topological polar surface area (TPSA) is 75.5 Å². The molecule has 0 atom stereocenters. The number of carbonyl (C=O) groups is 1. The van der Waals surface area contributed by atoms with Crippen LogP contribution in [0.25, 0.3) is 0 Å². The molecule has 1 amide bonds. The number of hydrogen-bond acceptors (Lipinski definition) is 7. The third kappa shape index (κ3) is 6.74. The van der Waals surface area contributed by atoms with E-state index in [4.69, 9.17) is 4.74 Å². The Hall–Kier alpha value is -3.04. The highest BCUT2D eigenvalue weighted by molar-refractivity contribution is 7.99. The molecule has 180 valence electrons. The summed E-state index contributed by atoms with van der Waals surface area (Å²) in [6, 6.07) is 20.5. The number of rotatable bonds is 11. The summed E-state index contributed by atoms with van der Waals surface area (Å²) in [5.74, 6) is 1.15. The average molecular weight is 481 g/mol. The summed E-state index contributed by atoms with van der Waals surface area (Å²) in [7, 11) is 2.07. The van der Waals surface area contributed by atoms with Gasteiger partial charge in [-0.1, -0.05) is 60.3 Å². The highest BCUT2D eigenvalue weighted by Crippen LogP contribution is 2.24. The Kier molecular flexibility index (Phi) is 8.81. The molecule has 1 aliphatic heterocycles. The molecule has 1 N–H and O–H groups in total. The van der Waals surface area contributed by atoms with Crippen molar-refractivity contribution in [1.82, 2.24) is 20.1 Å². The van der Waals surface area contributed by atoms with E-state index in [0.717, 1.165) is 37.2 Å². The molecule has 2 heterocycles. The lowest BCUT2D eigenvalue weighted by atomic mass is 10.2. The van der Waals surface area contributed by atoms with Crippen LogP contribution in [-0.2, 0) is 16.1 Å². The molecule has 8 nitrogen and oxygen atoms in total. The Morgan fingerprint density at radius 2 is 1.76 bits per heavy atom. The summed E-state index contributed by atoms with van der Waals surface area (Å²) in [6.07, 6.45) is 0.882. The smallest absolute Gasteiger partial charge is 0.230 e. The van der Waals surface area contributed by atoms with Crippen LogP contribution < -0.4 is 15.1 Å². The van der Waals surface area contributed by atoms with E-state index in [1.165, 1.54) is 23.0 Å². The van der Waals surface area contributed by atoms with E-state index in [1.54, 1.807) is 0 Å². The molecular weight excluding hydrogens is 448 g/mol. The SMILES string of the molecule is CN(CCCNC(=O)CSc1nnc(N2CCOCC2)n1Cc1ccccc1)c1ccccc1. The molecule has 0 saturated carbocycles. The van der Waals surface area contributed by atoms with Crippen molar-refractivity contribution in [2.24, 2.45) is 0 Å². The summed E-state index contributed by atoms with van der Waals surface area (Å²) in [6.45, 7) is 5.13. The maximum Gasteiger partial charge on any atom is 0.230 e. The largest absolute Gasteiger partial charge is 0.378 e. The van der Waals surface area contributed by atoms with Crippen LogP contribution in [0, 0.1) is 0 Å². The van der Waals surface area contributed by atoms with Gasteiger partial charge < -0.3 is 19.9 Å². The molecule has 1 aliphatic rings. The minimum absolute atomic E-state index is 0.00884. The van der Waals surface area contributed by atoms with E-state index in [9.17, 15) is 4.79 Å². The lowest BCUT2D eigenvalue weighted by Crippen LogP contribution is -2.38.